The van der Waals surface area contributed by atoms with Crippen LogP contribution in [0.15, 0.2) is 0 Å². The Morgan fingerprint density at radius 3 is 2.90 bits per heavy atom. The van der Waals surface area contributed by atoms with Gasteiger partial charge in [-0.15, -0.1) is 11.6 Å². The highest BCUT2D eigenvalue weighted by atomic mass is 35.5. The minimum absolute atomic E-state index is 0.677. The Balaban J connectivity index is 1.96. The van der Waals surface area contributed by atoms with E-state index in [1.807, 2.05) is 0 Å². The van der Waals surface area contributed by atoms with Crippen LogP contribution in [0.3, 0.4) is 0 Å². The highest BCUT2D eigenvalue weighted by Crippen LogP contribution is 2.58. The molecule has 2 atom stereocenters. The maximum absolute atomic E-state index is 5.80. The molecule has 1 saturated heterocycles. The van der Waals surface area contributed by atoms with Gasteiger partial charge in [0.2, 0.25) is 0 Å². The first-order valence-electron chi connectivity index (χ1n) is 4.01. The third-order valence-corrected chi connectivity index (χ3v) is 3.49. The van der Waals surface area contributed by atoms with E-state index in [1.54, 1.807) is 0 Å². The third-order valence-electron chi connectivity index (χ3n) is 3.12. The fourth-order valence-corrected chi connectivity index (χ4v) is 2.70. The molecule has 0 aromatic rings. The number of rotatable bonds is 1. The fraction of sp³-hybridized carbons (Fsp3) is 1.00. The van der Waals surface area contributed by atoms with Crippen LogP contribution >= 0.6 is 11.6 Å². The maximum Gasteiger partial charge on any atom is 0.0257 e. The SMILES string of the molecule is CN1CCC2(CC2CCl)C1. The van der Waals surface area contributed by atoms with Crippen LogP contribution in [0.2, 0.25) is 0 Å². The zero-order chi connectivity index (χ0) is 7.19. The quantitative estimate of drug-likeness (QED) is 0.525. The van der Waals surface area contributed by atoms with E-state index in [1.165, 1.54) is 25.9 Å². The Morgan fingerprint density at radius 2 is 2.50 bits per heavy atom. The summed E-state index contributed by atoms with van der Waals surface area (Å²) < 4.78 is 0. The molecular formula is C8H14ClN. The maximum atomic E-state index is 5.80. The van der Waals surface area contributed by atoms with E-state index in [0.29, 0.717) is 5.41 Å². The Bertz CT molecular complexity index is 148. The lowest BCUT2D eigenvalue weighted by Gasteiger charge is -2.07. The van der Waals surface area contributed by atoms with Crippen molar-refractivity contribution >= 4 is 11.6 Å². The van der Waals surface area contributed by atoms with Crippen molar-refractivity contribution in [3.8, 4) is 0 Å². The molecule has 58 valence electrons. The largest absolute Gasteiger partial charge is 0.306 e. The molecule has 2 heteroatoms. The monoisotopic (exact) mass is 159 g/mol. The summed E-state index contributed by atoms with van der Waals surface area (Å²) >= 11 is 5.80. The number of hydrogen-bond donors (Lipinski definition) is 0. The van der Waals surface area contributed by atoms with Crippen LogP contribution in [0.25, 0.3) is 0 Å². The van der Waals surface area contributed by atoms with Gasteiger partial charge in [0.25, 0.3) is 0 Å². The number of hydrogen-bond acceptors (Lipinski definition) is 1. The van der Waals surface area contributed by atoms with Crippen molar-refractivity contribution in [2.75, 3.05) is 26.0 Å². The molecule has 0 aromatic heterocycles. The minimum atomic E-state index is 0.677. The van der Waals surface area contributed by atoms with Crippen LogP contribution in [-0.4, -0.2) is 30.9 Å². The predicted octanol–water partition coefficient (Wildman–Crippen LogP) is 1.57. The Labute approximate surface area is 67.3 Å². The fourth-order valence-electron chi connectivity index (χ4n) is 2.26. The van der Waals surface area contributed by atoms with E-state index in [2.05, 4.69) is 11.9 Å². The van der Waals surface area contributed by atoms with Crippen LogP contribution in [-0.2, 0) is 0 Å². The number of nitrogens with zero attached hydrogens (tertiary/aromatic N) is 1. The predicted molar refractivity (Wildman–Crippen MR) is 43.4 cm³/mol. The van der Waals surface area contributed by atoms with E-state index in [-0.39, 0.29) is 0 Å². The summed E-state index contributed by atoms with van der Waals surface area (Å²) in [7, 11) is 2.21. The van der Waals surface area contributed by atoms with Gasteiger partial charge in [0, 0.05) is 12.4 Å². The summed E-state index contributed by atoms with van der Waals surface area (Å²) in [4.78, 5) is 2.42. The molecule has 0 N–H and O–H groups in total. The third kappa shape index (κ3) is 0.876. The van der Waals surface area contributed by atoms with Crippen LogP contribution in [0.1, 0.15) is 12.8 Å². The molecule has 1 spiro atoms. The molecule has 2 aliphatic rings. The highest BCUT2D eigenvalue weighted by Gasteiger charge is 2.55. The molecule has 2 rings (SSSR count). The van der Waals surface area contributed by atoms with Gasteiger partial charge in [-0.1, -0.05) is 0 Å². The lowest BCUT2D eigenvalue weighted by Crippen LogP contribution is -2.15. The summed E-state index contributed by atoms with van der Waals surface area (Å²) in [6.45, 7) is 2.58. The van der Waals surface area contributed by atoms with Crippen molar-refractivity contribution in [2.24, 2.45) is 11.3 Å². The zero-order valence-corrected chi connectivity index (χ0v) is 7.19. The lowest BCUT2D eigenvalue weighted by atomic mass is 10.0. The van der Waals surface area contributed by atoms with Gasteiger partial charge in [0.15, 0.2) is 0 Å². The second-order valence-corrected chi connectivity index (χ2v) is 4.21. The normalized spacial score (nSPS) is 46.8. The lowest BCUT2D eigenvalue weighted by molar-refractivity contribution is 0.380. The number of halogens is 1. The number of alkyl halides is 1. The van der Waals surface area contributed by atoms with Crippen molar-refractivity contribution in [3.63, 3.8) is 0 Å². The van der Waals surface area contributed by atoms with Gasteiger partial charge in [0.05, 0.1) is 0 Å². The van der Waals surface area contributed by atoms with Gasteiger partial charge in [-0.3, -0.25) is 0 Å². The zero-order valence-electron chi connectivity index (χ0n) is 6.44. The van der Waals surface area contributed by atoms with E-state index in [9.17, 15) is 0 Å². The Hall–Kier alpha value is 0.250. The molecule has 10 heavy (non-hydrogen) atoms. The summed E-state index contributed by atoms with van der Waals surface area (Å²) in [6, 6.07) is 0. The molecule has 1 saturated carbocycles. The van der Waals surface area contributed by atoms with E-state index in [0.717, 1.165) is 11.8 Å². The first kappa shape index (κ1) is 6.93. The van der Waals surface area contributed by atoms with Gasteiger partial charge < -0.3 is 4.90 Å². The molecule has 1 aliphatic carbocycles. The first-order valence-corrected chi connectivity index (χ1v) is 4.55. The van der Waals surface area contributed by atoms with Crippen molar-refractivity contribution in [3.05, 3.63) is 0 Å². The van der Waals surface area contributed by atoms with Crippen LogP contribution in [0, 0.1) is 11.3 Å². The first-order chi connectivity index (χ1) is 4.77. The standard InChI is InChI=1S/C8H14ClN/c1-10-3-2-8(6-10)4-7(8)5-9/h7H,2-6H2,1H3. The Morgan fingerprint density at radius 1 is 1.70 bits per heavy atom. The van der Waals surface area contributed by atoms with Crippen LogP contribution < -0.4 is 0 Å². The van der Waals surface area contributed by atoms with E-state index >= 15 is 0 Å². The molecular weight excluding hydrogens is 146 g/mol. The van der Waals surface area contributed by atoms with Gasteiger partial charge >= 0.3 is 0 Å². The summed E-state index contributed by atoms with van der Waals surface area (Å²) in [6.07, 6.45) is 2.78. The summed E-state index contributed by atoms with van der Waals surface area (Å²) in [5, 5.41) is 0. The molecule has 0 bridgehead atoms. The molecule has 0 aromatic carbocycles. The molecule has 0 amide bonds. The molecule has 2 unspecified atom stereocenters. The molecule has 1 heterocycles. The summed E-state index contributed by atoms with van der Waals surface area (Å²) in [5.41, 5.74) is 0.677. The van der Waals surface area contributed by atoms with E-state index < -0.39 is 0 Å². The number of likely N-dealkylation sites (tertiary alicyclic amines) is 1. The molecule has 1 aliphatic heterocycles. The minimum Gasteiger partial charge on any atom is -0.306 e. The molecule has 0 radical (unpaired) electrons. The average Bonchev–Trinajstić information content (AvgIpc) is 2.46. The smallest absolute Gasteiger partial charge is 0.0257 e. The van der Waals surface area contributed by atoms with Gasteiger partial charge in [0.1, 0.15) is 0 Å². The Kier molecular flexibility index (Phi) is 1.47. The van der Waals surface area contributed by atoms with Crippen molar-refractivity contribution in [1.29, 1.82) is 0 Å². The van der Waals surface area contributed by atoms with Crippen molar-refractivity contribution in [1.82, 2.24) is 4.90 Å². The van der Waals surface area contributed by atoms with Crippen molar-refractivity contribution < 1.29 is 0 Å². The summed E-state index contributed by atoms with van der Waals surface area (Å²) in [5.74, 6) is 1.73. The second kappa shape index (κ2) is 2.12. The van der Waals surface area contributed by atoms with Crippen LogP contribution in [0.5, 0.6) is 0 Å². The molecule has 2 fully saturated rings. The molecule has 1 nitrogen and oxygen atoms in total. The highest BCUT2D eigenvalue weighted by molar-refractivity contribution is 6.18. The van der Waals surface area contributed by atoms with Crippen molar-refractivity contribution in [2.45, 2.75) is 12.8 Å². The van der Waals surface area contributed by atoms with Gasteiger partial charge in [-0.2, -0.15) is 0 Å². The van der Waals surface area contributed by atoms with Gasteiger partial charge in [-0.25, -0.2) is 0 Å². The second-order valence-electron chi connectivity index (χ2n) is 3.91. The van der Waals surface area contributed by atoms with Crippen LogP contribution in [0.4, 0.5) is 0 Å². The average molecular weight is 160 g/mol. The van der Waals surface area contributed by atoms with Gasteiger partial charge in [-0.05, 0) is 37.8 Å². The van der Waals surface area contributed by atoms with E-state index in [4.69, 9.17) is 11.6 Å². The topological polar surface area (TPSA) is 3.24 Å².